The van der Waals surface area contributed by atoms with Crippen LogP contribution in [0.15, 0.2) is 30.3 Å². The Morgan fingerprint density at radius 3 is 2.09 bits per heavy atom. The van der Waals surface area contributed by atoms with E-state index in [-0.39, 0.29) is 11.8 Å². The molecule has 0 aromatic heterocycles. The van der Waals surface area contributed by atoms with Gasteiger partial charge in [0, 0.05) is 5.56 Å². The number of hydrogen-bond acceptors (Lipinski definition) is 3. The molecule has 2 rings (SSSR count). The van der Waals surface area contributed by atoms with Crippen molar-refractivity contribution in [2.75, 3.05) is 0 Å². The Morgan fingerprint density at radius 2 is 1.61 bits per heavy atom. The highest BCUT2D eigenvalue weighted by Crippen LogP contribution is 2.38. The molecule has 1 aliphatic heterocycles. The molecule has 0 aliphatic carbocycles. The van der Waals surface area contributed by atoms with Gasteiger partial charge in [-0.2, -0.15) is 0 Å². The third-order valence-corrected chi connectivity index (χ3v) is 4.68. The van der Waals surface area contributed by atoms with E-state index in [1.54, 1.807) is 0 Å². The maximum absolute atomic E-state index is 12.5. The minimum absolute atomic E-state index is 0.0917. The molecule has 0 spiro atoms. The summed E-state index contributed by atoms with van der Waals surface area (Å²) in [6.07, 6.45) is 0.801. The van der Waals surface area contributed by atoms with E-state index in [4.69, 9.17) is 9.31 Å². The van der Waals surface area contributed by atoms with E-state index in [1.165, 1.54) is 0 Å². The van der Waals surface area contributed by atoms with Crippen molar-refractivity contribution in [1.29, 1.82) is 0 Å². The van der Waals surface area contributed by atoms with Crippen molar-refractivity contribution in [2.24, 2.45) is 5.92 Å². The molecule has 1 aromatic rings. The number of amides is 1. The Balaban J connectivity index is 2.14. The highest BCUT2D eigenvalue weighted by Gasteiger charge is 2.54. The largest absolute Gasteiger partial charge is 0.481 e. The molecule has 23 heavy (non-hydrogen) atoms. The molecule has 0 bridgehead atoms. The van der Waals surface area contributed by atoms with E-state index in [1.807, 2.05) is 58.0 Å². The van der Waals surface area contributed by atoms with Gasteiger partial charge in [0.25, 0.3) is 5.91 Å². The Morgan fingerprint density at radius 1 is 1.09 bits per heavy atom. The van der Waals surface area contributed by atoms with Crippen molar-refractivity contribution < 1.29 is 14.1 Å². The van der Waals surface area contributed by atoms with Crippen LogP contribution in [0.3, 0.4) is 0 Å². The maximum Gasteiger partial charge on any atom is 0.481 e. The molecule has 0 unspecified atom stereocenters. The molecule has 0 saturated carbocycles. The zero-order valence-corrected chi connectivity index (χ0v) is 15.1. The summed E-state index contributed by atoms with van der Waals surface area (Å²) < 4.78 is 12.3. The first kappa shape index (κ1) is 18.0. The van der Waals surface area contributed by atoms with E-state index >= 15 is 0 Å². The van der Waals surface area contributed by atoms with Crippen molar-refractivity contribution >= 4 is 13.0 Å². The first-order chi connectivity index (χ1) is 10.6. The fourth-order valence-corrected chi connectivity index (χ4v) is 2.64. The van der Waals surface area contributed by atoms with Crippen LogP contribution in [-0.2, 0) is 9.31 Å². The average Bonchev–Trinajstić information content (AvgIpc) is 2.67. The molecule has 1 saturated heterocycles. The lowest BCUT2D eigenvalue weighted by Gasteiger charge is -2.32. The van der Waals surface area contributed by atoms with Crippen LogP contribution in [0, 0.1) is 5.92 Å². The molecule has 1 aliphatic rings. The van der Waals surface area contributed by atoms with Gasteiger partial charge in [0.05, 0.1) is 17.1 Å². The summed E-state index contributed by atoms with van der Waals surface area (Å²) in [5, 5.41) is 3.09. The van der Waals surface area contributed by atoms with E-state index < -0.39 is 18.3 Å². The van der Waals surface area contributed by atoms with Gasteiger partial charge in [0.2, 0.25) is 0 Å². The summed E-state index contributed by atoms with van der Waals surface area (Å²) in [5.41, 5.74) is -0.146. The Bertz CT molecular complexity index is 526. The Labute approximate surface area is 140 Å². The highest BCUT2D eigenvalue weighted by atomic mass is 16.7. The van der Waals surface area contributed by atoms with Crippen LogP contribution in [0.25, 0.3) is 0 Å². The summed E-state index contributed by atoms with van der Waals surface area (Å²) in [5.74, 6) is 0.157. The standard InChI is InChI=1S/C18H28BNO3/c1-13(2)12-15(19-22-17(3,4)18(5,6)23-19)20-16(21)14-10-8-7-9-11-14/h7-11,13,15H,12H2,1-6H3,(H,20,21)/t15-/m0/s1. The van der Waals surface area contributed by atoms with E-state index in [0.29, 0.717) is 11.5 Å². The quantitative estimate of drug-likeness (QED) is 0.846. The topological polar surface area (TPSA) is 47.6 Å². The first-order valence-electron chi connectivity index (χ1n) is 8.34. The molecule has 1 fully saturated rings. The van der Waals surface area contributed by atoms with Crippen molar-refractivity contribution in [3.8, 4) is 0 Å². The van der Waals surface area contributed by atoms with Gasteiger partial charge in [-0.3, -0.25) is 4.79 Å². The number of nitrogens with one attached hydrogen (secondary N) is 1. The first-order valence-corrected chi connectivity index (χ1v) is 8.34. The van der Waals surface area contributed by atoms with E-state index in [2.05, 4.69) is 19.2 Å². The number of rotatable bonds is 5. The number of carbonyl (C=O) groups is 1. The maximum atomic E-state index is 12.5. The lowest BCUT2D eigenvalue weighted by atomic mass is 9.74. The van der Waals surface area contributed by atoms with Crippen LogP contribution in [-0.4, -0.2) is 30.2 Å². The van der Waals surface area contributed by atoms with Crippen molar-refractivity contribution in [1.82, 2.24) is 5.32 Å². The molecule has 0 radical (unpaired) electrons. The summed E-state index contributed by atoms with van der Waals surface area (Å²) >= 11 is 0. The molecule has 1 aromatic carbocycles. The lowest BCUT2D eigenvalue weighted by molar-refractivity contribution is 0.00578. The van der Waals surface area contributed by atoms with Gasteiger partial charge in [-0.05, 0) is 52.2 Å². The van der Waals surface area contributed by atoms with Crippen LogP contribution >= 0.6 is 0 Å². The van der Waals surface area contributed by atoms with E-state index in [9.17, 15) is 4.79 Å². The van der Waals surface area contributed by atoms with Crippen molar-refractivity contribution in [3.05, 3.63) is 35.9 Å². The van der Waals surface area contributed by atoms with Crippen LogP contribution in [0.2, 0.25) is 0 Å². The number of carbonyl (C=O) groups excluding carboxylic acids is 1. The average molecular weight is 317 g/mol. The van der Waals surface area contributed by atoms with Gasteiger partial charge in [-0.15, -0.1) is 0 Å². The highest BCUT2D eigenvalue weighted by molar-refractivity contribution is 6.48. The number of hydrogen-bond donors (Lipinski definition) is 1. The van der Waals surface area contributed by atoms with Crippen LogP contribution in [0.4, 0.5) is 0 Å². The van der Waals surface area contributed by atoms with Crippen LogP contribution in [0.5, 0.6) is 0 Å². The number of benzene rings is 1. The molecule has 4 nitrogen and oxygen atoms in total. The minimum atomic E-state index is -0.435. The second-order valence-corrected chi connectivity index (χ2v) is 7.70. The zero-order chi connectivity index (χ0) is 17.3. The third kappa shape index (κ3) is 4.15. The van der Waals surface area contributed by atoms with Gasteiger partial charge < -0.3 is 14.6 Å². The van der Waals surface area contributed by atoms with Gasteiger partial charge in [0.1, 0.15) is 0 Å². The van der Waals surface area contributed by atoms with Crippen molar-refractivity contribution in [3.63, 3.8) is 0 Å². The SMILES string of the molecule is CC(C)C[C@H](NC(=O)c1ccccc1)B1OC(C)(C)C(C)(C)O1. The summed E-state index contributed by atoms with van der Waals surface area (Å²) in [6, 6.07) is 9.25. The molecule has 1 N–H and O–H groups in total. The van der Waals surface area contributed by atoms with Crippen molar-refractivity contribution in [2.45, 2.75) is 65.1 Å². The second kappa shape index (κ2) is 6.66. The predicted octanol–water partition coefficient (Wildman–Crippen LogP) is 3.46. The fourth-order valence-electron chi connectivity index (χ4n) is 2.64. The van der Waals surface area contributed by atoms with Gasteiger partial charge in [-0.25, -0.2) is 0 Å². The van der Waals surface area contributed by atoms with E-state index in [0.717, 1.165) is 6.42 Å². The molecule has 1 atom stereocenters. The second-order valence-electron chi connectivity index (χ2n) is 7.70. The molecular weight excluding hydrogens is 289 g/mol. The van der Waals surface area contributed by atoms with Gasteiger partial charge >= 0.3 is 7.12 Å². The molecule has 5 heteroatoms. The van der Waals surface area contributed by atoms with Gasteiger partial charge in [-0.1, -0.05) is 32.0 Å². The monoisotopic (exact) mass is 317 g/mol. The Hall–Kier alpha value is -1.33. The van der Waals surface area contributed by atoms with Crippen LogP contribution < -0.4 is 5.32 Å². The smallest absolute Gasteiger partial charge is 0.402 e. The third-order valence-electron chi connectivity index (χ3n) is 4.68. The summed E-state index contributed by atoms with van der Waals surface area (Å²) in [4.78, 5) is 12.5. The summed E-state index contributed by atoms with van der Waals surface area (Å²) in [6.45, 7) is 12.4. The molecule has 1 amide bonds. The zero-order valence-electron chi connectivity index (χ0n) is 15.1. The normalized spacial score (nSPS) is 20.6. The minimum Gasteiger partial charge on any atom is -0.402 e. The lowest BCUT2D eigenvalue weighted by Crippen LogP contribution is -2.48. The molecule has 126 valence electrons. The predicted molar refractivity (Wildman–Crippen MR) is 93.2 cm³/mol. The fraction of sp³-hybridized carbons (Fsp3) is 0.611. The molecule has 1 heterocycles. The van der Waals surface area contributed by atoms with Crippen LogP contribution in [0.1, 0.15) is 58.3 Å². The van der Waals surface area contributed by atoms with Gasteiger partial charge in [0.15, 0.2) is 0 Å². The Kier molecular flexibility index (Phi) is 5.22. The molecular formula is C18H28BNO3. The summed E-state index contributed by atoms with van der Waals surface area (Å²) in [7, 11) is -0.435.